The minimum Gasteiger partial charge on any atom is -0.425 e. The van der Waals surface area contributed by atoms with Crippen LogP contribution in [-0.4, -0.2) is 26.2 Å². The molecule has 1 amide bonds. The SMILES string of the molecule is Cc1noc(NC(=O)CCc2nnc(C(C)C)o2)n1. The molecule has 2 aromatic rings. The highest BCUT2D eigenvalue weighted by Crippen LogP contribution is 2.13. The van der Waals surface area contributed by atoms with E-state index in [0.29, 0.717) is 24.0 Å². The Bertz CT molecular complexity index is 560. The van der Waals surface area contributed by atoms with E-state index in [1.165, 1.54) is 0 Å². The van der Waals surface area contributed by atoms with Gasteiger partial charge in [-0.1, -0.05) is 19.0 Å². The Balaban J connectivity index is 1.82. The predicted molar refractivity (Wildman–Crippen MR) is 64.4 cm³/mol. The number of carbonyl (C=O) groups excluding carboxylic acids is 1. The molecule has 0 aromatic carbocycles. The van der Waals surface area contributed by atoms with E-state index < -0.39 is 0 Å². The first-order valence-electron chi connectivity index (χ1n) is 5.97. The lowest BCUT2D eigenvalue weighted by atomic mass is 10.2. The van der Waals surface area contributed by atoms with Crippen molar-refractivity contribution < 1.29 is 13.7 Å². The molecule has 2 heterocycles. The van der Waals surface area contributed by atoms with Crippen LogP contribution in [0.4, 0.5) is 6.01 Å². The summed E-state index contributed by atoms with van der Waals surface area (Å²) in [6, 6.07) is 0.0934. The molecule has 19 heavy (non-hydrogen) atoms. The summed E-state index contributed by atoms with van der Waals surface area (Å²) in [7, 11) is 0. The summed E-state index contributed by atoms with van der Waals surface area (Å²) in [6.45, 7) is 5.59. The number of hydrogen-bond acceptors (Lipinski definition) is 7. The van der Waals surface area contributed by atoms with E-state index in [2.05, 4.69) is 25.7 Å². The molecule has 2 aromatic heterocycles. The summed E-state index contributed by atoms with van der Waals surface area (Å²) in [4.78, 5) is 15.5. The van der Waals surface area contributed by atoms with Gasteiger partial charge in [0.05, 0.1) is 0 Å². The van der Waals surface area contributed by atoms with Gasteiger partial charge in [0.2, 0.25) is 17.7 Å². The predicted octanol–water partition coefficient (Wildman–Crippen LogP) is 1.46. The van der Waals surface area contributed by atoms with Crippen LogP contribution in [0.25, 0.3) is 0 Å². The molecule has 0 atom stereocenters. The third-order valence-corrected chi connectivity index (χ3v) is 2.32. The van der Waals surface area contributed by atoms with Crippen molar-refractivity contribution in [2.45, 2.75) is 39.5 Å². The summed E-state index contributed by atoms with van der Waals surface area (Å²) in [5.74, 6) is 1.42. The third kappa shape index (κ3) is 3.60. The summed E-state index contributed by atoms with van der Waals surface area (Å²) in [5, 5.41) is 13.8. The van der Waals surface area contributed by atoms with Gasteiger partial charge in [-0.15, -0.1) is 10.2 Å². The van der Waals surface area contributed by atoms with Crippen LogP contribution < -0.4 is 5.32 Å². The molecule has 0 spiro atoms. The maximum absolute atomic E-state index is 11.6. The number of anilines is 1. The molecule has 1 N–H and O–H groups in total. The molecule has 0 aliphatic carbocycles. The lowest BCUT2D eigenvalue weighted by Gasteiger charge is -1.97. The van der Waals surface area contributed by atoms with Gasteiger partial charge in [-0.25, -0.2) is 0 Å². The number of nitrogens with zero attached hydrogens (tertiary/aromatic N) is 4. The topological polar surface area (TPSA) is 107 Å². The standard InChI is InChI=1S/C11H15N5O3/c1-6(2)10-15-14-9(18-10)5-4-8(17)13-11-12-7(3)16-19-11/h6H,4-5H2,1-3H3,(H,12,13,16,17). The normalized spacial score (nSPS) is 10.9. The lowest BCUT2D eigenvalue weighted by molar-refractivity contribution is -0.116. The maximum atomic E-state index is 11.6. The number of hydrogen-bond donors (Lipinski definition) is 1. The molecule has 0 aliphatic heterocycles. The number of carbonyl (C=O) groups is 1. The molecule has 0 aliphatic rings. The van der Waals surface area contributed by atoms with Crippen LogP contribution in [0.5, 0.6) is 0 Å². The third-order valence-electron chi connectivity index (χ3n) is 2.32. The van der Waals surface area contributed by atoms with Crippen molar-refractivity contribution in [3.05, 3.63) is 17.6 Å². The Kier molecular flexibility index (Phi) is 3.88. The number of nitrogens with one attached hydrogen (secondary N) is 1. The zero-order chi connectivity index (χ0) is 13.8. The highest BCUT2D eigenvalue weighted by atomic mass is 16.5. The van der Waals surface area contributed by atoms with E-state index in [4.69, 9.17) is 8.94 Å². The largest absolute Gasteiger partial charge is 0.425 e. The second kappa shape index (κ2) is 5.59. The Morgan fingerprint density at radius 2 is 2.16 bits per heavy atom. The molecular formula is C11H15N5O3. The average molecular weight is 265 g/mol. The minimum atomic E-state index is -0.243. The van der Waals surface area contributed by atoms with Gasteiger partial charge in [0.15, 0.2) is 5.82 Å². The molecule has 0 bridgehead atoms. The molecular weight excluding hydrogens is 250 g/mol. The van der Waals surface area contributed by atoms with Gasteiger partial charge in [0.1, 0.15) is 0 Å². The number of rotatable bonds is 5. The Morgan fingerprint density at radius 1 is 1.37 bits per heavy atom. The van der Waals surface area contributed by atoms with E-state index >= 15 is 0 Å². The second-order valence-electron chi connectivity index (χ2n) is 4.38. The first-order chi connectivity index (χ1) is 9.04. The molecule has 0 fully saturated rings. The van der Waals surface area contributed by atoms with Crippen molar-refractivity contribution in [1.29, 1.82) is 0 Å². The highest BCUT2D eigenvalue weighted by molar-refractivity contribution is 5.88. The fourth-order valence-corrected chi connectivity index (χ4v) is 1.35. The van der Waals surface area contributed by atoms with Crippen molar-refractivity contribution in [2.24, 2.45) is 0 Å². The van der Waals surface area contributed by atoms with Crippen molar-refractivity contribution in [1.82, 2.24) is 20.3 Å². The van der Waals surface area contributed by atoms with Crippen LogP contribution in [-0.2, 0) is 11.2 Å². The van der Waals surface area contributed by atoms with E-state index in [1.54, 1.807) is 6.92 Å². The van der Waals surface area contributed by atoms with Gasteiger partial charge in [-0.2, -0.15) is 4.98 Å². The van der Waals surface area contributed by atoms with Gasteiger partial charge >= 0.3 is 6.01 Å². The number of amides is 1. The van der Waals surface area contributed by atoms with Crippen LogP contribution in [0.2, 0.25) is 0 Å². The van der Waals surface area contributed by atoms with Crippen molar-refractivity contribution >= 4 is 11.9 Å². The van der Waals surface area contributed by atoms with Gasteiger partial charge in [0.25, 0.3) is 0 Å². The quantitative estimate of drug-likeness (QED) is 0.871. The zero-order valence-corrected chi connectivity index (χ0v) is 11.0. The van der Waals surface area contributed by atoms with Crippen LogP contribution in [0.1, 0.15) is 43.8 Å². The first kappa shape index (κ1) is 13.2. The molecule has 2 rings (SSSR count). The number of aromatic nitrogens is 4. The van der Waals surface area contributed by atoms with E-state index in [1.807, 2.05) is 13.8 Å². The summed E-state index contributed by atoms with van der Waals surface area (Å²) in [5.41, 5.74) is 0. The Hall–Kier alpha value is -2.25. The fourth-order valence-electron chi connectivity index (χ4n) is 1.35. The molecule has 0 radical (unpaired) electrons. The summed E-state index contributed by atoms with van der Waals surface area (Å²) in [6.07, 6.45) is 0.583. The van der Waals surface area contributed by atoms with Gasteiger partial charge in [-0.05, 0) is 6.92 Å². The van der Waals surface area contributed by atoms with Crippen molar-refractivity contribution in [3.8, 4) is 0 Å². The fraction of sp³-hybridized carbons (Fsp3) is 0.545. The lowest BCUT2D eigenvalue weighted by Crippen LogP contribution is -2.12. The first-order valence-corrected chi connectivity index (χ1v) is 5.97. The van der Waals surface area contributed by atoms with Gasteiger partial charge in [0, 0.05) is 18.8 Å². The highest BCUT2D eigenvalue weighted by Gasteiger charge is 2.12. The molecule has 8 nitrogen and oxygen atoms in total. The zero-order valence-electron chi connectivity index (χ0n) is 11.0. The van der Waals surface area contributed by atoms with E-state index in [0.717, 1.165) is 0 Å². The summed E-state index contributed by atoms with van der Waals surface area (Å²) < 4.78 is 10.2. The smallest absolute Gasteiger partial charge is 0.328 e. The van der Waals surface area contributed by atoms with E-state index in [-0.39, 0.29) is 24.3 Å². The Morgan fingerprint density at radius 3 is 2.74 bits per heavy atom. The van der Waals surface area contributed by atoms with Crippen LogP contribution in [0.3, 0.4) is 0 Å². The van der Waals surface area contributed by atoms with Crippen molar-refractivity contribution in [3.63, 3.8) is 0 Å². The molecule has 102 valence electrons. The molecule has 0 saturated carbocycles. The Labute approximate surface area is 109 Å². The minimum absolute atomic E-state index is 0.0934. The van der Waals surface area contributed by atoms with Crippen molar-refractivity contribution in [2.75, 3.05) is 5.32 Å². The van der Waals surface area contributed by atoms with Gasteiger partial charge < -0.3 is 8.94 Å². The van der Waals surface area contributed by atoms with Crippen LogP contribution in [0, 0.1) is 6.92 Å². The van der Waals surface area contributed by atoms with Crippen LogP contribution in [0.15, 0.2) is 8.94 Å². The molecule has 0 unspecified atom stereocenters. The maximum Gasteiger partial charge on any atom is 0.328 e. The number of aryl methyl sites for hydroxylation is 2. The molecule has 8 heteroatoms. The summed E-state index contributed by atoms with van der Waals surface area (Å²) >= 11 is 0. The average Bonchev–Trinajstić information content (AvgIpc) is 2.96. The second-order valence-corrected chi connectivity index (χ2v) is 4.38. The van der Waals surface area contributed by atoms with Crippen LogP contribution >= 0.6 is 0 Å². The van der Waals surface area contributed by atoms with Gasteiger partial charge in [-0.3, -0.25) is 10.1 Å². The molecule has 0 saturated heterocycles. The monoisotopic (exact) mass is 265 g/mol. The van der Waals surface area contributed by atoms with E-state index in [9.17, 15) is 4.79 Å².